The second kappa shape index (κ2) is 9.44. The number of nitrogens with zero attached hydrogens (tertiary/aromatic N) is 2. The standard InChI is InChI=1S/C20H33N3O3S/c1-5-21-19(23-13-15-27(24,25)20(3,4)16-23)22-12-6-7-14-26-18-10-8-17(2)9-11-18/h8-11H,5-7,12-16H2,1-4H3,(H,21,22). The zero-order valence-corrected chi connectivity index (χ0v) is 17.8. The summed E-state index contributed by atoms with van der Waals surface area (Å²) < 4.78 is 29.4. The maximum Gasteiger partial charge on any atom is 0.193 e. The normalized spacial score (nSPS) is 19.0. The van der Waals surface area contributed by atoms with E-state index in [1.165, 1.54) is 5.56 Å². The summed E-state index contributed by atoms with van der Waals surface area (Å²) in [6.45, 7) is 10.8. The number of benzene rings is 1. The number of aliphatic imine (C=N–C) groups is 1. The van der Waals surface area contributed by atoms with Crippen LogP contribution in [0.1, 0.15) is 39.2 Å². The monoisotopic (exact) mass is 395 g/mol. The molecule has 1 aromatic carbocycles. The maximum atomic E-state index is 12.2. The van der Waals surface area contributed by atoms with Gasteiger partial charge >= 0.3 is 0 Å². The van der Waals surface area contributed by atoms with Gasteiger partial charge in [0.15, 0.2) is 15.8 Å². The van der Waals surface area contributed by atoms with Crippen molar-refractivity contribution in [3.05, 3.63) is 29.8 Å². The first-order chi connectivity index (χ1) is 12.7. The van der Waals surface area contributed by atoms with Crippen molar-refractivity contribution in [2.45, 2.75) is 45.3 Å². The van der Waals surface area contributed by atoms with Crippen LogP contribution in [0.5, 0.6) is 5.75 Å². The minimum Gasteiger partial charge on any atom is -0.494 e. The SMILES string of the molecule is CCNC(=NCCCCOc1ccc(C)cc1)N1CCS(=O)(=O)C(C)(C)C1. The molecule has 1 fully saturated rings. The van der Waals surface area contributed by atoms with Crippen LogP contribution in [-0.4, -0.2) is 62.6 Å². The number of unbranched alkanes of at least 4 members (excludes halogenated alkanes) is 1. The largest absolute Gasteiger partial charge is 0.494 e. The molecule has 27 heavy (non-hydrogen) atoms. The smallest absolute Gasteiger partial charge is 0.193 e. The lowest BCUT2D eigenvalue weighted by molar-refractivity contribution is 0.307. The first-order valence-corrected chi connectivity index (χ1v) is 11.4. The van der Waals surface area contributed by atoms with Crippen molar-refractivity contribution in [3.8, 4) is 5.75 Å². The lowest BCUT2D eigenvalue weighted by Gasteiger charge is -2.39. The summed E-state index contributed by atoms with van der Waals surface area (Å²) in [7, 11) is -3.04. The molecule has 1 aliphatic heterocycles. The van der Waals surface area contributed by atoms with Gasteiger partial charge < -0.3 is 15.0 Å². The summed E-state index contributed by atoms with van der Waals surface area (Å²) in [5.74, 6) is 1.88. The van der Waals surface area contributed by atoms with E-state index in [1.54, 1.807) is 13.8 Å². The second-order valence-corrected chi connectivity index (χ2v) is 10.3. The lowest BCUT2D eigenvalue weighted by atomic mass is 10.2. The van der Waals surface area contributed by atoms with Gasteiger partial charge in [0.1, 0.15) is 5.75 Å². The Labute approximate surface area is 163 Å². The van der Waals surface area contributed by atoms with Crippen molar-refractivity contribution in [1.82, 2.24) is 10.2 Å². The van der Waals surface area contributed by atoms with Crippen LogP contribution in [0.4, 0.5) is 0 Å². The molecule has 0 amide bonds. The molecule has 0 aliphatic carbocycles. The van der Waals surface area contributed by atoms with Crippen LogP contribution < -0.4 is 10.1 Å². The van der Waals surface area contributed by atoms with Crippen LogP contribution in [0.15, 0.2) is 29.3 Å². The predicted molar refractivity (Wildman–Crippen MR) is 111 cm³/mol. The molecule has 0 spiro atoms. The zero-order chi connectivity index (χ0) is 19.9. The highest BCUT2D eigenvalue weighted by Crippen LogP contribution is 2.23. The number of hydrogen-bond acceptors (Lipinski definition) is 4. The molecule has 0 bridgehead atoms. The van der Waals surface area contributed by atoms with Gasteiger partial charge in [-0.3, -0.25) is 4.99 Å². The van der Waals surface area contributed by atoms with Gasteiger partial charge in [-0.05, 0) is 52.7 Å². The highest BCUT2D eigenvalue weighted by atomic mass is 32.2. The van der Waals surface area contributed by atoms with Gasteiger partial charge in [0.2, 0.25) is 0 Å². The van der Waals surface area contributed by atoms with Crippen LogP contribution in [0.25, 0.3) is 0 Å². The van der Waals surface area contributed by atoms with Crippen LogP contribution >= 0.6 is 0 Å². The van der Waals surface area contributed by atoms with Gasteiger partial charge in [-0.1, -0.05) is 17.7 Å². The summed E-state index contributed by atoms with van der Waals surface area (Å²) in [6.07, 6.45) is 1.85. The topological polar surface area (TPSA) is 71.0 Å². The highest BCUT2D eigenvalue weighted by molar-refractivity contribution is 7.92. The number of rotatable bonds is 7. The van der Waals surface area contributed by atoms with Crippen molar-refractivity contribution < 1.29 is 13.2 Å². The van der Waals surface area contributed by atoms with Crippen LogP contribution in [0.2, 0.25) is 0 Å². The molecule has 6 nitrogen and oxygen atoms in total. The van der Waals surface area contributed by atoms with Gasteiger partial charge in [0.25, 0.3) is 0 Å². The molecule has 2 rings (SSSR count). The first-order valence-electron chi connectivity index (χ1n) is 9.70. The third-order valence-electron chi connectivity index (χ3n) is 4.78. The third kappa shape index (κ3) is 6.13. The van der Waals surface area contributed by atoms with E-state index in [0.29, 0.717) is 26.2 Å². The molecule has 1 heterocycles. The second-order valence-electron chi connectivity index (χ2n) is 7.60. The Morgan fingerprint density at radius 3 is 2.59 bits per heavy atom. The molecular formula is C20H33N3O3S. The number of guanidine groups is 1. The minimum absolute atomic E-state index is 0.175. The molecule has 0 unspecified atom stereocenters. The average molecular weight is 396 g/mol. The molecule has 0 saturated carbocycles. The number of ether oxygens (including phenoxy) is 1. The third-order valence-corrected chi connectivity index (χ3v) is 7.31. The van der Waals surface area contributed by atoms with Gasteiger partial charge in [-0.15, -0.1) is 0 Å². The summed E-state index contributed by atoms with van der Waals surface area (Å²) in [5.41, 5.74) is 1.22. The summed E-state index contributed by atoms with van der Waals surface area (Å²) in [5, 5.41) is 3.29. The number of sulfone groups is 1. The van der Waals surface area contributed by atoms with E-state index in [-0.39, 0.29) is 5.75 Å². The Hall–Kier alpha value is -1.76. The van der Waals surface area contributed by atoms with Gasteiger partial charge in [-0.25, -0.2) is 8.42 Å². The van der Waals surface area contributed by atoms with Crippen molar-refractivity contribution in [1.29, 1.82) is 0 Å². The van der Waals surface area contributed by atoms with E-state index in [0.717, 1.165) is 31.1 Å². The van der Waals surface area contributed by atoms with Crippen LogP contribution in [0.3, 0.4) is 0 Å². The van der Waals surface area contributed by atoms with Gasteiger partial charge in [-0.2, -0.15) is 0 Å². The average Bonchev–Trinajstić information content (AvgIpc) is 2.61. The Morgan fingerprint density at radius 2 is 1.96 bits per heavy atom. The number of nitrogens with one attached hydrogen (secondary N) is 1. The highest BCUT2D eigenvalue weighted by Gasteiger charge is 2.40. The van der Waals surface area contributed by atoms with Crippen molar-refractivity contribution in [2.75, 3.05) is 38.5 Å². The summed E-state index contributed by atoms with van der Waals surface area (Å²) in [6, 6.07) is 8.07. The fourth-order valence-electron chi connectivity index (χ4n) is 2.97. The molecule has 1 N–H and O–H groups in total. The Bertz CT molecular complexity index is 727. The fraction of sp³-hybridized carbons (Fsp3) is 0.650. The molecule has 1 aliphatic rings. The van der Waals surface area contributed by atoms with E-state index in [2.05, 4.69) is 22.1 Å². The van der Waals surface area contributed by atoms with Gasteiger partial charge in [0.05, 0.1) is 17.1 Å². The molecule has 0 aromatic heterocycles. The zero-order valence-electron chi connectivity index (χ0n) is 17.0. The molecular weight excluding hydrogens is 362 g/mol. The van der Waals surface area contributed by atoms with E-state index in [9.17, 15) is 8.42 Å². The first kappa shape index (κ1) is 21.5. The fourth-order valence-corrected chi connectivity index (χ4v) is 4.34. The number of hydrogen-bond donors (Lipinski definition) is 1. The van der Waals surface area contributed by atoms with Crippen LogP contribution in [-0.2, 0) is 9.84 Å². The molecule has 1 saturated heterocycles. The maximum absolute atomic E-state index is 12.2. The predicted octanol–water partition coefficient (Wildman–Crippen LogP) is 2.63. The van der Waals surface area contributed by atoms with Crippen molar-refractivity contribution in [2.24, 2.45) is 4.99 Å². The molecule has 152 valence electrons. The molecule has 7 heteroatoms. The quantitative estimate of drug-likeness (QED) is 0.437. The Balaban J connectivity index is 1.80. The summed E-state index contributed by atoms with van der Waals surface area (Å²) >= 11 is 0. The summed E-state index contributed by atoms with van der Waals surface area (Å²) in [4.78, 5) is 6.75. The Kier molecular flexibility index (Phi) is 7.53. The number of aryl methyl sites for hydroxylation is 1. The van der Waals surface area contributed by atoms with E-state index in [1.807, 2.05) is 31.2 Å². The molecule has 0 atom stereocenters. The van der Waals surface area contributed by atoms with Crippen LogP contribution in [0, 0.1) is 6.92 Å². The van der Waals surface area contributed by atoms with E-state index in [4.69, 9.17) is 4.74 Å². The lowest BCUT2D eigenvalue weighted by Crippen LogP contribution is -2.57. The molecule has 1 aromatic rings. The Morgan fingerprint density at radius 1 is 1.26 bits per heavy atom. The van der Waals surface area contributed by atoms with Gasteiger partial charge in [0, 0.05) is 26.2 Å². The van der Waals surface area contributed by atoms with E-state index >= 15 is 0 Å². The van der Waals surface area contributed by atoms with Crippen molar-refractivity contribution >= 4 is 15.8 Å². The van der Waals surface area contributed by atoms with Crippen molar-refractivity contribution in [3.63, 3.8) is 0 Å². The van der Waals surface area contributed by atoms with E-state index < -0.39 is 14.6 Å². The molecule has 0 radical (unpaired) electrons. The minimum atomic E-state index is -3.04.